The van der Waals surface area contributed by atoms with E-state index in [2.05, 4.69) is 0 Å². The van der Waals surface area contributed by atoms with Crippen molar-refractivity contribution >= 4 is 11.8 Å². The highest BCUT2D eigenvalue weighted by Crippen LogP contribution is 2.31. The zero-order valence-electron chi connectivity index (χ0n) is 6.67. The van der Waals surface area contributed by atoms with Crippen LogP contribution in [0.3, 0.4) is 0 Å². The molecule has 2 rings (SSSR count). The van der Waals surface area contributed by atoms with Crippen LogP contribution in [-0.2, 0) is 9.47 Å². The van der Waals surface area contributed by atoms with Gasteiger partial charge in [-0.1, -0.05) is 0 Å². The Kier molecular flexibility index (Phi) is 2.39. The van der Waals surface area contributed by atoms with Crippen LogP contribution < -0.4 is 0 Å². The van der Waals surface area contributed by atoms with Crippen LogP contribution in [0, 0.1) is 0 Å². The van der Waals surface area contributed by atoms with Gasteiger partial charge in [-0.15, -0.1) is 0 Å². The second kappa shape index (κ2) is 3.33. The van der Waals surface area contributed by atoms with E-state index in [4.69, 9.17) is 9.47 Å². The molecule has 2 nitrogen and oxygen atoms in total. The molecule has 0 bridgehead atoms. The van der Waals surface area contributed by atoms with Gasteiger partial charge in [-0.25, -0.2) is 0 Å². The van der Waals surface area contributed by atoms with Gasteiger partial charge in [-0.05, 0) is 12.2 Å². The Morgan fingerprint density at radius 1 is 1.27 bits per heavy atom. The Balaban J connectivity index is 1.86. The number of hydrogen-bond donors (Lipinski definition) is 0. The second-order valence-corrected chi connectivity index (χ2v) is 4.35. The summed E-state index contributed by atoms with van der Waals surface area (Å²) in [5.41, 5.74) is 0.116. The van der Waals surface area contributed by atoms with Crippen LogP contribution >= 0.6 is 11.8 Å². The third-order valence-electron chi connectivity index (χ3n) is 2.27. The lowest BCUT2D eigenvalue weighted by atomic mass is 9.98. The minimum Gasteiger partial charge on any atom is -0.378 e. The Morgan fingerprint density at radius 3 is 2.91 bits per heavy atom. The molecule has 0 aromatic carbocycles. The second-order valence-electron chi connectivity index (χ2n) is 3.24. The first kappa shape index (κ1) is 7.90. The third-order valence-corrected chi connectivity index (χ3v) is 3.58. The average Bonchev–Trinajstić information content (AvgIpc) is 1.82. The molecule has 2 fully saturated rings. The number of thioether (sulfide) groups is 1. The molecule has 11 heavy (non-hydrogen) atoms. The predicted molar refractivity (Wildman–Crippen MR) is 46.1 cm³/mol. The summed E-state index contributed by atoms with van der Waals surface area (Å²) in [6.45, 7) is 2.67. The van der Waals surface area contributed by atoms with E-state index in [0.29, 0.717) is 0 Å². The van der Waals surface area contributed by atoms with Crippen molar-refractivity contribution in [2.75, 3.05) is 31.3 Å². The molecule has 2 heterocycles. The lowest BCUT2D eigenvalue weighted by Gasteiger charge is -2.42. The van der Waals surface area contributed by atoms with E-state index in [9.17, 15) is 0 Å². The Labute approximate surface area is 71.6 Å². The van der Waals surface area contributed by atoms with Crippen molar-refractivity contribution in [3.8, 4) is 0 Å². The number of rotatable bonds is 0. The van der Waals surface area contributed by atoms with Gasteiger partial charge in [0.2, 0.25) is 0 Å². The molecule has 0 aliphatic carbocycles. The van der Waals surface area contributed by atoms with E-state index in [0.717, 1.165) is 25.6 Å². The predicted octanol–water partition coefficient (Wildman–Crippen LogP) is 1.30. The van der Waals surface area contributed by atoms with E-state index < -0.39 is 0 Å². The SMILES string of the molecule is C1COCC2(CCO2)CSC1. The Bertz CT molecular complexity index is 124. The maximum absolute atomic E-state index is 5.55. The molecular weight excluding hydrogens is 160 g/mol. The van der Waals surface area contributed by atoms with Crippen molar-refractivity contribution in [3.63, 3.8) is 0 Å². The van der Waals surface area contributed by atoms with Gasteiger partial charge in [-0.3, -0.25) is 0 Å². The fraction of sp³-hybridized carbons (Fsp3) is 1.00. The molecule has 2 saturated heterocycles. The Hall–Kier alpha value is 0.270. The summed E-state index contributed by atoms with van der Waals surface area (Å²) in [5, 5.41) is 0. The van der Waals surface area contributed by atoms with Gasteiger partial charge >= 0.3 is 0 Å². The van der Waals surface area contributed by atoms with Crippen molar-refractivity contribution in [2.24, 2.45) is 0 Å². The summed E-state index contributed by atoms with van der Waals surface area (Å²) in [7, 11) is 0. The molecule has 1 atom stereocenters. The Morgan fingerprint density at radius 2 is 2.18 bits per heavy atom. The average molecular weight is 174 g/mol. The van der Waals surface area contributed by atoms with Crippen LogP contribution in [0.1, 0.15) is 12.8 Å². The summed E-state index contributed by atoms with van der Waals surface area (Å²) in [5.74, 6) is 2.36. The van der Waals surface area contributed by atoms with Crippen molar-refractivity contribution in [2.45, 2.75) is 18.4 Å². The zero-order chi connectivity index (χ0) is 7.57. The molecule has 0 amide bonds. The van der Waals surface area contributed by atoms with Gasteiger partial charge in [0.1, 0.15) is 5.60 Å². The summed E-state index contributed by atoms with van der Waals surface area (Å²) in [4.78, 5) is 0. The van der Waals surface area contributed by atoms with Gasteiger partial charge < -0.3 is 9.47 Å². The van der Waals surface area contributed by atoms with Gasteiger partial charge in [0, 0.05) is 18.8 Å². The van der Waals surface area contributed by atoms with E-state index in [1.54, 1.807) is 0 Å². The lowest BCUT2D eigenvalue weighted by Crippen LogP contribution is -2.50. The van der Waals surface area contributed by atoms with Crippen molar-refractivity contribution < 1.29 is 9.47 Å². The minimum absolute atomic E-state index is 0.116. The molecule has 2 aliphatic rings. The van der Waals surface area contributed by atoms with Crippen molar-refractivity contribution in [1.29, 1.82) is 0 Å². The molecule has 0 saturated carbocycles. The highest BCUT2D eigenvalue weighted by atomic mass is 32.2. The molecule has 0 aromatic rings. The van der Waals surface area contributed by atoms with E-state index >= 15 is 0 Å². The van der Waals surface area contributed by atoms with Crippen LogP contribution in [0.2, 0.25) is 0 Å². The van der Waals surface area contributed by atoms with E-state index in [-0.39, 0.29) is 5.60 Å². The first-order valence-corrected chi connectivity index (χ1v) is 5.36. The van der Waals surface area contributed by atoms with Crippen molar-refractivity contribution in [3.05, 3.63) is 0 Å². The molecule has 0 aromatic heterocycles. The van der Waals surface area contributed by atoms with E-state index in [1.807, 2.05) is 11.8 Å². The molecule has 2 aliphatic heterocycles. The van der Waals surface area contributed by atoms with Gasteiger partial charge in [-0.2, -0.15) is 11.8 Å². The van der Waals surface area contributed by atoms with Crippen LogP contribution in [0.5, 0.6) is 0 Å². The number of ether oxygens (including phenoxy) is 2. The topological polar surface area (TPSA) is 18.5 Å². The maximum Gasteiger partial charge on any atom is 0.103 e. The molecular formula is C8H14O2S. The van der Waals surface area contributed by atoms with E-state index in [1.165, 1.54) is 18.6 Å². The molecule has 0 N–H and O–H groups in total. The van der Waals surface area contributed by atoms with Gasteiger partial charge in [0.05, 0.1) is 13.2 Å². The fourth-order valence-electron chi connectivity index (χ4n) is 1.44. The normalized spacial score (nSPS) is 39.3. The summed E-state index contributed by atoms with van der Waals surface area (Å²) >= 11 is 2.01. The standard InChI is InChI=1S/C8H14O2S/c1-3-9-6-8(2-4-10-8)7-11-5-1/h1-7H2. The van der Waals surface area contributed by atoms with Crippen LogP contribution in [-0.4, -0.2) is 36.9 Å². The first-order chi connectivity index (χ1) is 5.41. The van der Waals surface area contributed by atoms with Crippen LogP contribution in [0.4, 0.5) is 0 Å². The molecule has 1 unspecified atom stereocenters. The summed E-state index contributed by atoms with van der Waals surface area (Å²) in [6, 6.07) is 0. The fourth-order valence-corrected chi connectivity index (χ4v) is 2.59. The summed E-state index contributed by atoms with van der Waals surface area (Å²) in [6.07, 6.45) is 2.39. The molecule has 0 radical (unpaired) electrons. The van der Waals surface area contributed by atoms with Gasteiger partial charge in [0.15, 0.2) is 0 Å². The summed E-state index contributed by atoms with van der Waals surface area (Å²) < 4.78 is 11.0. The molecule has 3 heteroatoms. The third kappa shape index (κ3) is 1.71. The number of hydrogen-bond acceptors (Lipinski definition) is 3. The first-order valence-electron chi connectivity index (χ1n) is 4.21. The quantitative estimate of drug-likeness (QED) is 0.551. The lowest BCUT2D eigenvalue weighted by molar-refractivity contribution is -0.166. The highest BCUT2D eigenvalue weighted by molar-refractivity contribution is 7.99. The minimum atomic E-state index is 0.116. The zero-order valence-corrected chi connectivity index (χ0v) is 7.49. The highest BCUT2D eigenvalue weighted by Gasteiger charge is 2.38. The van der Waals surface area contributed by atoms with Gasteiger partial charge in [0.25, 0.3) is 0 Å². The molecule has 64 valence electrons. The monoisotopic (exact) mass is 174 g/mol. The molecule has 1 spiro atoms. The maximum atomic E-state index is 5.55. The smallest absolute Gasteiger partial charge is 0.103 e. The van der Waals surface area contributed by atoms with Crippen molar-refractivity contribution in [1.82, 2.24) is 0 Å². The largest absolute Gasteiger partial charge is 0.378 e. The van der Waals surface area contributed by atoms with Crippen LogP contribution in [0.15, 0.2) is 0 Å². The van der Waals surface area contributed by atoms with Crippen LogP contribution in [0.25, 0.3) is 0 Å².